The highest BCUT2D eigenvalue weighted by molar-refractivity contribution is 5.43. The summed E-state index contributed by atoms with van der Waals surface area (Å²) in [6.07, 6.45) is 10.1. The van der Waals surface area contributed by atoms with Gasteiger partial charge >= 0.3 is 0 Å². The van der Waals surface area contributed by atoms with Crippen LogP contribution in [0.2, 0.25) is 0 Å². The number of aromatic nitrogens is 1. The standard InChI is InChI=1S/C13H21N3/c14-12-6-7-13(16-10-12)15-9-8-11-4-2-1-3-5-11/h6-7,10-11H,1-5,8-9,14H2,(H,15,16). The van der Waals surface area contributed by atoms with Crippen molar-refractivity contribution in [2.45, 2.75) is 38.5 Å². The molecule has 0 aromatic carbocycles. The van der Waals surface area contributed by atoms with E-state index < -0.39 is 0 Å². The first-order valence-electron chi connectivity index (χ1n) is 6.30. The average Bonchev–Trinajstić information content (AvgIpc) is 2.33. The summed E-state index contributed by atoms with van der Waals surface area (Å²) >= 11 is 0. The lowest BCUT2D eigenvalue weighted by Crippen LogP contribution is -2.12. The van der Waals surface area contributed by atoms with Gasteiger partial charge in [0, 0.05) is 6.54 Å². The molecule has 0 bridgehead atoms. The Morgan fingerprint density at radius 3 is 2.75 bits per heavy atom. The second kappa shape index (κ2) is 5.73. The second-order valence-corrected chi connectivity index (χ2v) is 4.70. The number of nitrogens with two attached hydrogens (primary N) is 1. The first-order chi connectivity index (χ1) is 7.84. The molecule has 0 aliphatic heterocycles. The lowest BCUT2D eigenvalue weighted by Gasteiger charge is -2.21. The molecule has 1 aromatic heterocycles. The van der Waals surface area contributed by atoms with Gasteiger partial charge in [0.05, 0.1) is 11.9 Å². The van der Waals surface area contributed by atoms with Crippen molar-refractivity contribution < 1.29 is 0 Å². The van der Waals surface area contributed by atoms with E-state index in [2.05, 4.69) is 10.3 Å². The first-order valence-corrected chi connectivity index (χ1v) is 6.30. The van der Waals surface area contributed by atoms with Gasteiger partial charge in [-0.25, -0.2) is 4.98 Å². The predicted molar refractivity (Wildman–Crippen MR) is 68.3 cm³/mol. The van der Waals surface area contributed by atoms with E-state index in [4.69, 9.17) is 5.73 Å². The highest BCUT2D eigenvalue weighted by atomic mass is 15.0. The predicted octanol–water partition coefficient (Wildman–Crippen LogP) is 3.05. The average molecular weight is 219 g/mol. The van der Waals surface area contributed by atoms with E-state index in [1.165, 1.54) is 38.5 Å². The Hall–Kier alpha value is -1.25. The molecule has 0 saturated heterocycles. The third-order valence-electron chi connectivity index (χ3n) is 3.37. The molecule has 0 amide bonds. The number of nitrogens with one attached hydrogen (secondary N) is 1. The summed E-state index contributed by atoms with van der Waals surface area (Å²) < 4.78 is 0. The van der Waals surface area contributed by atoms with Crippen molar-refractivity contribution in [3.05, 3.63) is 18.3 Å². The Labute approximate surface area is 97.5 Å². The van der Waals surface area contributed by atoms with Gasteiger partial charge < -0.3 is 11.1 Å². The zero-order chi connectivity index (χ0) is 11.2. The van der Waals surface area contributed by atoms with Crippen molar-refractivity contribution in [3.63, 3.8) is 0 Å². The summed E-state index contributed by atoms with van der Waals surface area (Å²) in [6, 6.07) is 3.83. The van der Waals surface area contributed by atoms with Crippen LogP contribution in [0, 0.1) is 5.92 Å². The molecule has 0 spiro atoms. The molecule has 1 aromatic rings. The first kappa shape index (κ1) is 11.2. The second-order valence-electron chi connectivity index (χ2n) is 4.70. The fraction of sp³-hybridized carbons (Fsp3) is 0.615. The summed E-state index contributed by atoms with van der Waals surface area (Å²) in [5.41, 5.74) is 6.30. The van der Waals surface area contributed by atoms with Crippen LogP contribution >= 0.6 is 0 Å². The molecule has 0 unspecified atom stereocenters. The van der Waals surface area contributed by atoms with Crippen LogP contribution < -0.4 is 11.1 Å². The number of nitrogens with zero attached hydrogens (tertiary/aromatic N) is 1. The summed E-state index contributed by atoms with van der Waals surface area (Å²) in [7, 11) is 0. The lowest BCUT2D eigenvalue weighted by molar-refractivity contribution is 0.345. The van der Waals surface area contributed by atoms with E-state index in [-0.39, 0.29) is 0 Å². The Balaban J connectivity index is 1.69. The Bertz CT molecular complexity index is 301. The number of hydrogen-bond acceptors (Lipinski definition) is 3. The Morgan fingerprint density at radius 1 is 1.25 bits per heavy atom. The molecule has 1 aliphatic carbocycles. The smallest absolute Gasteiger partial charge is 0.126 e. The third-order valence-corrected chi connectivity index (χ3v) is 3.37. The minimum atomic E-state index is 0.720. The number of rotatable bonds is 4. The third kappa shape index (κ3) is 3.40. The molecular formula is C13H21N3. The van der Waals surface area contributed by atoms with Gasteiger partial charge in [-0.15, -0.1) is 0 Å². The van der Waals surface area contributed by atoms with Crippen molar-refractivity contribution in [2.24, 2.45) is 5.92 Å². The molecule has 0 atom stereocenters. The fourth-order valence-electron chi connectivity index (χ4n) is 2.39. The van der Waals surface area contributed by atoms with Crippen molar-refractivity contribution in [2.75, 3.05) is 17.6 Å². The molecule has 2 rings (SSSR count). The van der Waals surface area contributed by atoms with E-state index in [0.29, 0.717) is 0 Å². The van der Waals surface area contributed by atoms with Gasteiger partial charge in [-0.2, -0.15) is 0 Å². The van der Waals surface area contributed by atoms with Crippen LogP contribution in [0.25, 0.3) is 0 Å². The monoisotopic (exact) mass is 219 g/mol. The highest BCUT2D eigenvalue weighted by Gasteiger charge is 2.12. The maximum Gasteiger partial charge on any atom is 0.126 e. The maximum absolute atomic E-state index is 5.58. The molecule has 3 heteroatoms. The van der Waals surface area contributed by atoms with Gasteiger partial charge in [0.25, 0.3) is 0 Å². The summed E-state index contributed by atoms with van der Waals surface area (Å²) in [5, 5.41) is 3.35. The summed E-state index contributed by atoms with van der Waals surface area (Å²) in [6.45, 7) is 1.03. The van der Waals surface area contributed by atoms with Crippen molar-refractivity contribution in [1.29, 1.82) is 0 Å². The van der Waals surface area contributed by atoms with Crippen LogP contribution in [-0.2, 0) is 0 Å². The Kier molecular flexibility index (Phi) is 4.03. The zero-order valence-corrected chi connectivity index (χ0v) is 9.78. The van der Waals surface area contributed by atoms with E-state index in [1.807, 2.05) is 12.1 Å². The van der Waals surface area contributed by atoms with E-state index in [0.717, 1.165) is 24.0 Å². The lowest BCUT2D eigenvalue weighted by atomic mass is 9.87. The van der Waals surface area contributed by atoms with Crippen molar-refractivity contribution in [3.8, 4) is 0 Å². The molecule has 3 nitrogen and oxygen atoms in total. The quantitative estimate of drug-likeness (QED) is 0.818. The van der Waals surface area contributed by atoms with Crippen LogP contribution in [0.3, 0.4) is 0 Å². The molecule has 1 saturated carbocycles. The molecule has 16 heavy (non-hydrogen) atoms. The van der Waals surface area contributed by atoms with E-state index in [9.17, 15) is 0 Å². The van der Waals surface area contributed by atoms with Gasteiger partial charge in [0.2, 0.25) is 0 Å². The maximum atomic E-state index is 5.58. The highest BCUT2D eigenvalue weighted by Crippen LogP contribution is 2.26. The van der Waals surface area contributed by atoms with Gasteiger partial charge in [-0.1, -0.05) is 32.1 Å². The molecule has 1 fully saturated rings. The molecule has 0 radical (unpaired) electrons. The van der Waals surface area contributed by atoms with Crippen molar-refractivity contribution in [1.82, 2.24) is 4.98 Å². The normalized spacial score (nSPS) is 17.2. The molecule has 3 N–H and O–H groups in total. The molecule has 1 heterocycles. The minimum absolute atomic E-state index is 0.720. The fourth-order valence-corrected chi connectivity index (χ4v) is 2.39. The van der Waals surface area contributed by atoms with Crippen LogP contribution in [0.1, 0.15) is 38.5 Å². The van der Waals surface area contributed by atoms with Gasteiger partial charge in [0.1, 0.15) is 5.82 Å². The topological polar surface area (TPSA) is 50.9 Å². The van der Waals surface area contributed by atoms with Gasteiger partial charge in [-0.05, 0) is 24.5 Å². The van der Waals surface area contributed by atoms with Crippen LogP contribution in [-0.4, -0.2) is 11.5 Å². The number of hydrogen-bond donors (Lipinski definition) is 2. The summed E-state index contributed by atoms with van der Waals surface area (Å²) in [5.74, 6) is 1.86. The van der Waals surface area contributed by atoms with E-state index >= 15 is 0 Å². The number of anilines is 2. The van der Waals surface area contributed by atoms with Gasteiger partial charge in [0.15, 0.2) is 0 Å². The van der Waals surface area contributed by atoms with Crippen LogP contribution in [0.15, 0.2) is 18.3 Å². The SMILES string of the molecule is Nc1ccc(NCCC2CCCCC2)nc1. The van der Waals surface area contributed by atoms with Gasteiger partial charge in [-0.3, -0.25) is 0 Å². The van der Waals surface area contributed by atoms with Crippen LogP contribution in [0.4, 0.5) is 11.5 Å². The number of nitrogen functional groups attached to an aromatic ring is 1. The minimum Gasteiger partial charge on any atom is -0.397 e. The molecule has 1 aliphatic rings. The van der Waals surface area contributed by atoms with Crippen molar-refractivity contribution >= 4 is 11.5 Å². The van der Waals surface area contributed by atoms with E-state index in [1.54, 1.807) is 6.20 Å². The largest absolute Gasteiger partial charge is 0.397 e. The Morgan fingerprint density at radius 2 is 2.06 bits per heavy atom. The number of pyridine rings is 1. The zero-order valence-electron chi connectivity index (χ0n) is 9.78. The molecule has 88 valence electrons. The molecular weight excluding hydrogens is 198 g/mol. The summed E-state index contributed by atoms with van der Waals surface area (Å²) in [4.78, 5) is 4.22. The van der Waals surface area contributed by atoms with Crippen LogP contribution in [0.5, 0.6) is 0 Å².